The molecule has 0 aliphatic heterocycles. The maximum absolute atomic E-state index is 6.41. The van der Waals surface area contributed by atoms with E-state index in [1.165, 1.54) is 11.1 Å². The van der Waals surface area contributed by atoms with Gasteiger partial charge >= 0.3 is 0 Å². The van der Waals surface area contributed by atoms with Gasteiger partial charge in [-0.15, -0.1) is 0 Å². The summed E-state index contributed by atoms with van der Waals surface area (Å²) >= 11 is 0. The van der Waals surface area contributed by atoms with Gasteiger partial charge in [0.1, 0.15) is 0 Å². The van der Waals surface area contributed by atoms with Gasteiger partial charge in [0.25, 0.3) is 0 Å². The fourth-order valence-corrected chi connectivity index (χ4v) is 2.19. The predicted molar refractivity (Wildman–Crippen MR) is 73.6 cm³/mol. The van der Waals surface area contributed by atoms with Crippen LogP contribution in [0.5, 0.6) is 0 Å². The molecule has 6 N–H and O–H groups in total. The van der Waals surface area contributed by atoms with Crippen molar-refractivity contribution in [2.45, 2.75) is 38.1 Å². The quantitative estimate of drug-likeness (QED) is 0.670. The van der Waals surface area contributed by atoms with E-state index in [2.05, 4.69) is 31.2 Å². The Morgan fingerprint density at radius 2 is 1.71 bits per heavy atom. The van der Waals surface area contributed by atoms with Crippen molar-refractivity contribution in [3.8, 4) is 0 Å². The van der Waals surface area contributed by atoms with Gasteiger partial charge in [-0.25, -0.2) is 0 Å². The van der Waals surface area contributed by atoms with Gasteiger partial charge in [0.2, 0.25) is 0 Å². The molecular weight excluding hydrogens is 210 g/mol. The summed E-state index contributed by atoms with van der Waals surface area (Å²) in [6, 6.07) is 8.39. The molecule has 1 atom stereocenters. The minimum atomic E-state index is -0.287. The van der Waals surface area contributed by atoms with Crippen molar-refractivity contribution in [2.75, 3.05) is 13.1 Å². The van der Waals surface area contributed by atoms with E-state index in [9.17, 15) is 0 Å². The van der Waals surface area contributed by atoms with E-state index in [1.807, 2.05) is 0 Å². The van der Waals surface area contributed by atoms with Crippen molar-refractivity contribution in [3.63, 3.8) is 0 Å². The van der Waals surface area contributed by atoms with Crippen molar-refractivity contribution in [1.82, 2.24) is 0 Å². The molecule has 0 amide bonds. The standard InChI is InChI=1S/C14H25N3/c1-14(17,9-5-11-16)13-8-3-2-6-12(13)7-4-10-15/h2-3,6,8H,4-5,7,9-11,15-17H2,1H3. The molecule has 0 saturated heterocycles. The molecule has 1 aromatic carbocycles. The second kappa shape index (κ2) is 6.74. The van der Waals surface area contributed by atoms with Gasteiger partial charge in [0.15, 0.2) is 0 Å². The third kappa shape index (κ3) is 4.11. The molecular formula is C14H25N3. The van der Waals surface area contributed by atoms with Gasteiger partial charge < -0.3 is 17.2 Å². The Morgan fingerprint density at radius 1 is 1.06 bits per heavy atom. The number of benzene rings is 1. The molecule has 3 heteroatoms. The van der Waals surface area contributed by atoms with Gasteiger partial charge in [0, 0.05) is 5.54 Å². The second-order valence-electron chi connectivity index (χ2n) is 4.86. The highest BCUT2D eigenvalue weighted by Gasteiger charge is 2.22. The maximum atomic E-state index is 6.41. The van der Waals surface area contributed by atoms with E-state index in [0.717, 1.165) is 32.2 Å². The Bertz CT molecular complexity index is 334. The fourth-order valence-electron chi connectivity index (χ4n) is 2.19. The minimum absolute atomic E-state index is 0.287. The summed E-state index contributed by atoms with van der Waals surface area (Å²) in [5.74, 6) is 0. The predicted octanol–water partition coefficient (Wildman–Crippen LogP) is 1.49. The number of aryl methyl sites for hydroxylation is 1. The summed E-state index contributed by atoms with van der Waals surface area (Å²) in [4.78, 5) is 0. The zero-order valence-electron chi connectivity index (χ0n) is 10.8. The molecule has 0 aliphatic carbocycles. The van der Waals surface area contributed by atoms with Crippen LogP contribution in [-0.4, -0.2) is 13.1 Å². The van der Waals surface area contributed by atoms with Crippen molar-refractivity contribution in [3.05, 3.63) is 35.4 Å². The number of hydrogen-bond donors (Lipinski definition) is 3. The lowest BCUT2D eigenvalue weighted by atomic mass is 9.84. The monoisotopic (exact) mass is 235 g/mol. The van der Waals surface area contributed by atoms with Crippen LogP contribution in [0.25, 0.3) is 0 Å². The summed E-state index contributed by atoms with van der Waals surface area (Å²) in [5, 5.41) is 0. The normalized spacial score (nSPS) is 14.6. The molecule has 0 bridgehead atoms. The van der Waals surface area contributed by atoms with Crippen LogP contribution in [0.15, 0.2) is 24.3 Å². The van der Waals surface area contributed by atoms with E-state index in [1.54, 1.807) is 0 Å². The summed E-state index contributed by atoms with van der Waals surface area (Å²) in [6.45, 7) is 3.50. The topological polar surface area (TPSA) is 78.1 Å². The maximum Gasteiger partial charge on any atom is 0.0384 e. The molecule has 96 valence electrons. The van der Waals surface area contributed by atoms with Crippen LogP contribution in [0.2, 0.25) is 0 Å². The highest BCUT2D eigenvalue weighted by atomic mass is 14.7. The first-order valence-corrected chi connectivity index (χ1v) is 6.39. The summed E-state index contributed by atoms with van der Waals surface area (Å²) < 4.78 is 0. The lowest BCUT2D eigenvalue weighted by Crippen LogP contribution is -2.34. The van der Waals surface area contributed by atoms with Crippen LogP contribution >= 0.6 is 0 Å². The summed E-state index contributed by atoms with van der Waals surface area (Å²) in [6.07, 6.45) is 3.88. The largest absolute Gasteiger partial charge is 0.330 e. The summed E-state index contributed by atoms with van der Waals surface area (Å²) in [5.41, 5.74) is 19.8. The smallest absolute Gasteiger partial charge is 0.0384 e. The lowest BCUT2D eigenvalue weighted by Gasteiger charge is -2.28. The van der Waals surface area contributed by atoms with Gasteiger partial charge in [-0.3, -0.25) is 0 Å². The molecule has 0 aliphatic rings. The third-order valence-corrected chi connectivity index (χ3v) is 3.18. The third-order valence-electron chi connectivity index (χ3n) is 3.18. The highest BCUT2D eigenvalue weighted by molar-refractivity contribution is 5.33. The van der Waals surface area contributed by atoms with E-state index < -0.39 is 0 Å². The zero-order chi connectivity index (χ0) is 12.7. The molecule has 17 heavy (non-hydrogen) atoms. The Morgan fingerprint density at radius 3 is 2.35 bits per heavy atom. The van der Waals surface area contributed by atoms with E-state index in [0.29, 0.717) is 6.54 Å². The summed E-state index contributed by atoms with van der Waals surface area (Å²) in [7, 11) is 0. The van der Waals surface area contributed by atoms with Crippen molar-refractivity contribution < 1.29 is 0 Å². The van der Waals surface area contributed by atoms with Gasteiger partial charge in [-0.05, 0) is 56.8 Å². The van der Waals surface area contributed by atoms with Crippen LogP contribution < -0.4 is 17.2 Å². The Hall–Kier alpha value is -0.900. The van der Waals surface area contributed by atoms with Crippen molar-refractivity contribution >= 4 is 0 Å². The minimum Gasteiger partial charge on any atom is -0.330 e. The first-order chi connectivity index (χ1) is 8.11. The molecule has 0 aromatic heterocycles. The molecule has 1 aromatic rings. The van der Waals surface area contributed by atoms with Crippen molar-refractivity contribution in [1.29, 1.82) is 0 Å². The highest BCUT2D eigenvalue weighted by Crippen LogP contribution is 2.26. The van der Waals surface area contributed by atoms with E-state index >= 15 is 0 Å². The molecule has 0 heterocycles. The van der Waals surface area contributed by atoms with Crippen LogP contribution in [-0.2, 0) is 12.0 Å². The zero-order valence-corrected chi connectivity index (χ0v) is 10.8. The fraction of sp³-hybridized carbons (Fsp3) is 0.571. The molecule has 3 nitrogen and oxygen atoms in total. The molecule has 0 saturated carbocycles. The SMILES string of the molecule is CC(N)(CCCN)c1ccccc1CCCN. The number of rotatable bonds is 7. The molecule has 1 rings (SSSR count). The van der Waals surface area contributed by atoms with Gasteiger partial charge in [-0.2, -0.15) is 0 Å². The molecule has 1 unspecified atom stereocenters. The van der Waals surface area contributed by atoms with Crippen molar-refractivity contribution in [2.24, 2.45) is 17.2 Å². The lowest BCUT2D eigenvalue weighted by molar-refractivity contribution is 0.435. The van der Waals surface area contributed by atoms with Gasteiger partial charge in [0.05, 0.1) is 0 Å². The van der Waals surface area contributed by atoms with E-state index in [4.69, 9.17) is 17.2 Å². The van der Waals surface area contributed by atoms with Crippen LogP contribution in [0.4, 0.5) is 0 Å². The first kappa shape index (κ1) is 14.2. The molecule has 0 radical (unpaired) electrons. The second-order valence-corrected chi connectivity index (χ2v) is 4.86. The Balaban J connectivity index is 2.86. The molecule has 0 fully saturated rings. The average molecular weight is 235 g/mol. The van der Waals surface area contributed by atoms with Crippen LogP contribution in [0, 0.1) is 0 Å². The Kier molecular flexibility index (Phi) is 5.62. The average Bonchev–Trinajstić information content (AvgIpc) is 2.34. The van der Waals surface area contributed by atoms with Crippen LogP contribution in [0.1, 0.15) is 37.3 Å². The molecule has 0 spiro atoms. The van der Waals surface area contributed by atoms with Gasteiger partial charge in [-0.1, -0.05) is 24.3 Å². The number of hydrogen-bond acceptors (Lipinski definition) is 3. The van der Waals surface area contributed by atoms with Crippen LogP contribution in [0.3, 0.4) is 0 Å². The number of nitrogens with two attached hydrogens (primary N) is 3. The first-order valence-electron chi connectivity index (χ1n) is 6.39. The Labute approximate surface area is 104 Å². The van der Waals surface area contributed by atoms with E-state index in [-0.39, 0.29) is 5.54 Å².